The van der Waals surface area contributed by atoms with Gasteiger partial charge in [0.2, 0.25) is 0 Å². The molecule has 1 aromatic rings. The van der Waals surface area contributed by atoms with Crippen LogP contribution in [0.5, 0.6) is 0 Å². The minimum atomic E-state index is 0.259. The standard InChI is InChI=1S/C16H28N2S/c1-4-14(17)16(15-6-5-11-19-15)18-9-7-13(8-10-18)12(2)3/h5-6,11-14,16H,4,7-10,17H2,1-3H3. The van der Waals surface area contributed by atoms with Crippen molar-refractivity contribution in [2.24, 2.45) is 17.6 Å². The third-order valence-corrected chi connectivity index (χ3v) is 5.57. The van der Waals surface area contributed by atoms with Gasteiger partial charge in [-0.25, -0.2) is 0 Å². The number of hydrogen-bond acceptors (Lipinski definition) is 3. The molecular weight excluding hydrogens is 252 g/mol. The highest BCUT2D eigenvalue weighted by Gasteiger charge is 2.30. The molecule has 0 spiro atoms. The first-order valence-electron chi connectivity index (χ1n) is 7.66. The van der Waals surface area contributed by atoms with Crippen LogP contribution in [-0.4, -0.2) is 24.0 Å². The molecule has 0 radical (unpaired) electrons. The molecule has 2 atom stereocenters. The van der Waals surface area contributed by atoms with E-state index in [1.807, 2.05) is 11.3 Å². The molecule has 2 N–H and O–H groups in total. The van der Waals surface area contributed by atoms with Gasteiger partial charge in [0.05, 0.1) is 6.04 Å². The molecule has 3 heteroatoms. The SMILES string of the molecule is CCC(N)C(c1cccs1)N1CCC(C(C)C)CC1. The maximum atomic E-state index is 6.40. The molecule has 2 heterocycles. The lowest BCUT2D eigenvalue weighted by Gasteiger charge is -2.40. The van der Waals surface area contributed by atoms with Crippen LogP contribution in [0.4, 0.5) is 0 Å². The van der Waals surface area contributed by atoms with Crippen LogP contribution in [0.15, 0.2) is 17.5 Å². The average molecular weight is 280 g/mol. The molecule has 2 rings (SSSR count). The van der Waals surface area contributed by atoms with Gasteiger partial charge in [0.25, 0.3) is 0 Å². The summed E-state index contributed by atoms with van der Waals surface area (Å²) in [6.07, 6.45) is 3.71. The zero-order valence-corrected chi connectivity index (χ0v) is 13.3. The molecule has 0 aliphatic carbocycles. The molecule has 19 heavy (non-hydrogen) atoms. The molecule has 1 aromatic heterocycles. The van der Waals surface area contributed by atoms with Crippen molar-refractivity contribution in [1.82, 2.24) is 4.90 Å². The van der Waals surface area contributed by atoms with Gasteiger partial charge in [0, 0.05) is 10.9 Å². The van der Waals surface area contributed by atoms with Crippen LogP contribution >= 0.6 is 11.3 Å². The minimum Gasteiger partial charge on any atom is -0.326 e. The maximum absolute atomic E-state index is 6.40. The fourth-order valence-electron chi connectivity index (χ4n) is 3.21. The number of hydrogen-bond donors (Lipinski definition) is 1. The van der Waals surface area contributed by atoms with E-state index in [1.165, 1.54) is 30.8 Å². The number of thiophene rings is 1. The van der Waals surface area contributed by atoms with Gasteiger partial charge in [-0.2, -0.15) is 0 Å². The van der Waals surface area contributed by atoms with E-state index >= 15 is 0 Å². The van der Waals surface area contributed by atoms with E-state index in [-0.39, 0.29) is 6.04 Å². The lowest BCUT2D eigenvalue weighted by atomic mass is 9.85. The quantitative estimate of drug-likeness (QED) is 0.886. The van der Waals surface area contributed by atoms with Gasteiger partial charge < -0.3 is 5.73 Å². The second kappa shape index (κ2) is 6.87. The Labute approximate surface area is 122 Å². The van der Waals surface area contributed by atoms with Gasteiger partial charge in [0.1, 0.15) is 0 Å². The molecule has 0 amide bonds. The van der Waals surface area contributed by atoms with Gasteiger partial charge in [-0.3, -0.25) is 4.90 Å². The van der Waals surface area contributed by atoms with Crippen molar-refractivity contribution in [3.8, 4) is 0 Å². The summed E-state index contributed by atoms with van der Waals surface area (Å²) in [6.45, 7) is 9.33. The van der Waals surface area contributed by atoms with Crippen LogP contribution in [0.25, 0.3) is 0 Å². The second-order valence-electron chi connectivity index (χ2n) is 6.15. The van der Waals surface area contributed by atoms with Crippen molar-refractivity contribution < 1.29 is 0 Å². The van der Waals surface area contributed by atoms with Gasteiger partial charge in [-0.1, -0.05) is 26.8 Å². The van der Waals surface area contributed by atoms with Crippen LogP contribution < -0.4 is 5.73 Å². The van der Waals surface area contributed by atoms with Gasteiger partial charge >= 0.3 is 0 Å². The van der Waals surface area contributed by atoms with Crippen molar-refractivity contribution in [3.05, 3.63) is 22.4 Å². The molecule has 2 unspecified atom stereocenters. The molecule has 108 valence electrons. The third-order valence-electron chi connectivity index (χ3n) is 4.62. The summed E-state index contributed by atoms with van der Waals surface area (Å²) in [5, 5.41) is 2.17. The number of piperidine rings is 1. The van der Waals surface area contributed by atoms with Crippen LogP contribution in [-0.2, 0) is 0 Å². The number of likely N-dealkylation sites (tertiary alicyclic amines) is 1. The molecule has 1 aliphatic rings. The summed E-state index contributed by atoms with van der Waals surface area (Å²) < 4.78 is 0. The van der Waals surface area contributed by atoms with Crippen LogP contribution in [0.1, 0.15) is 51.0 Å². The Kier molecular flexibility index (Phi) is 5.43. The monoisotopic (exact) mass is 280 g/mol. The van der Waals surface area contributed by atoms with Gasteiger partial charge in [0.15, 0.2) is 0 Å². The van der Waals surface area contributed by atoms with E-state index in [0.717, 1.165) is 18.3 Å². The minimum absolute atomic E-state index is 0.259. The summed E-state index contributed by atoms with van der Waals surface area (Å²) in [5.74, 6) is 1.72. The lowest BCUT2D eigenvalue weighted by molar-refractivity contribution is 0.101. The van der Waals surface area contributed by atoms with E-state index in [2.05, 4.69) is 43.2 Å². The van der Waals surface area contributed by atoms with Crippen molar-refractivity contribution >= 4 is 11.3 Å². The van der Waals surface area contributed by atoms with Crippen LogP contribution in [0, 0.1) is 11.8 Å². The first-order valence-corrected chi connectivity index (χ1v) is 8.54. The van der Waals surface area contributed by atoms with Crippen molar-refractivity contribution in [1.29, 1.82) is 0 Å². The predicted octanol–water partition coefficient (Wildman–Crippen LogP) is 3.89. The molecule has 1 saturated heterocycles. The Hall–Kier alpha value is -0.380. The topological polar surface area (TPSA) is 29.3 Å². The molecule has 0 saturated carbocycles. The zero-order valence-electron chi connectivity index (χ0n) is 12.5. The normalized spacial score (nSPS) is 21.7. The highest BCUT2D eigenvalue weighted by atomic mass is 32.1. The number of rotatable bonds is 5. The van der Waals surface area contributed by atoms with E-state index in [1.54, 1.807) is 0 Å². The van der Waals surface area contributed by atoms with Crippen LogP contribution in [0.3, 0.4) is 0 Å². The van der Waals surface area contributed by atoms with Gasteiger partial charge in [-0.05, 0) is 55.6 Å². The molecule has 0 aromatic carbocycles. The van der Waals surface area contributed by atoms with E-state index in [9.17, 15) is 0 Å². The number of nitrogens with two attached hydrogens (primary N) is 1. The van der Waals surface area contributed by atoms with E-state index in [4.69, 9.17) is 5.73 Å². The highest BCUT2D eigenvalue weighted by Crippen LogP contribution is 2.33. The van der Waals surface area contributed by atoms with Gasteiger partial charge in [-0.15, -0.1) is 11.3 Å². The summed E-state index contributed by atoms with van der Waals surface area (Å²) in [4.78, 5) is 4.07. The first-order chi connectivity index (χ1) is 9.13. The predicted molar refractivity (Wildman–Crippen MR) is 84.5 cm³/mol. The molecular formula is C16H28N2S. The molecule has 1 fully saturated rings. The fourth-order valence-corrected chi connectivity index (χ4v) is 4.14. The second-order valence-corrected chi connectivity index (χ2v) is 7.13. The summed E-state index contributed by atoms with van der Waals surface area (Å²) in [5.41, 5.74) is 6.40. The Morgan fingerprint density at radius 2 is 2.05 bits per heavy atom. The van der Waals surface area contributed by atoms with Crippen molar-refractivity contribution in [3.63, 3.8) is 0 Å². The Morgan fingerprint density at radius 1 is 1.37 bits per heavy atom. The van der Waals surface area contributed by atoms with Crippen LogP contribution in [0.2, 0.25) is 0 Å². The largest absolute Gasteiger partial charge is 0.326 e. The smallest absolute Gasteiger partial charge is 0.0593 e. The maximum Gasteiger partial charge on any atom is 0.0593 e. The summed E-state index contributed by atoms with van der Waals surface area (Å²) >= 11 is 1.85. The summed E-state index contributed by atoms with van der Waals surface area (Å²) in [7, 11) is 0. The van der Waals surface area contributed by atoms with Crippen molar-refractivity contribution in [2.45, 2.75) is 52.1 Å². The average Bonchev–Trinajstić information content (AvgIpc) is 2.93. The molecule has 2 nitrogen and oxygen atoms in total. The highest BCUT2D eigenvalue weighted by molar-refractivity contribution is 7.10. The third kappa shape index (κ3) is 3.59. The zero-order chi connectivity index (χ0) is 13.8. The first kappa shape index (κ1) is 15.0. The summed E-state index contributed by atoms with van der Waals surface area (Å²) in [6, 6.07) is 5.09. The molecule has 1 aliphatic heterocycles. The molecule has 0 bridgehead atoms. The lowest BCUT2D eigenvalue weighted by Crippen LogP contribution is -2.44. The fraction of sp³-hybridized carbons (Fsp3) is 0.750. The Balaban J connectivity index is 2.05. The van der Waals surface area contributed by atoms with Crippen molar-refractivity contribution in [2.75, 3.05) is 13.1 Å². The Morgan fingerprint density at radius 3 is 2.53 bits per heavy atom. The van der Waals surface area contributed by atoms with E-state index < -0.39 is 0 Å². The Bertz CT molecular complexity index is 353. The number of nitrogens with zero attached hydrogens (tertiary/aromatic N) is 1. The van der Waals surface area contributed by atoms with E-state index in [0.29, 0.717) is 6.04 Å².